The van der Waals surface area contributed by atoms with Crippen LogP contribution < -0.4 is 0 Å². The highest BCUT2D eigenvalue weighted by Gasteiger charge is 2.03. The molecule has 5 heteroatoms. The molecular formula is C11H22N4S. The van der Waals surface area contributed by atoms with Gasteiger partial charge in [0.2, 0.25) is 0 Å². The number of H-pyrrole nitrogens is 1. The van der Waals surface area contributed by atoms with Gasteiger partial charge < -0.3 is 9.47 Å². The van der Waals surface area contributed by atoms with E-state index in [2.05, 4.69) is 40.6 Å². The molecule has 0 fully saturated rings. The minimum absolute atomic E-state index is 0.623. The number of hydrogen-bond donors (Lipinski definition) is 1. The zero-order chi connectivity index (χ0) is 12.1. The molecule has 0 saturated heterocycles. The highest BCUT2D eigenvalue weighted by Crippen LogP contribution is 2.02. The molecule has 0 amide bonds. The molecule has 1 N–H and O–H groups in total. The van der Waals surface area contributed by atoms with Gasteiger partial charge >= 0.3 is 0 Å². The van der Waals surface area contributed by atoms with Crippen molar-refractivity contribution in [1.82, 2.24) is 19.7 Å². The summed E-state index contributed by atoms with van der Waals surface area (Å²) in [5.41, 5.74) is 0. The fourth-order valence-corrected chi connectivity index (χ4v) is 1.82. The van der Waals surface area contributed by atoms with Gasteiger partial charge in [0.1, 0.15) is 5.82 Å². The Bertz CT molecular complexity index is 366. The second-order valence-electron chi connectivity index (χ2n) is 4.51. The van der Waals surface area contributed by atoms with E-state index >= 15 is 0 Å². The van der Waals surface area contributed by atoms with Crippen LogP contribution in [0, 0.1) is 11.7 Å². The summed E-state index contributed by atoms with van der Waals surface area (Å²) in [7, 11) is 2.17. The van der Waals surface area contributed by atoms with E-state index in [1.54, 1.807) is 0 Å². The number of aryl methyl sites for hydroxylation is 1. The molecule has 1 heterocycles. The summed E-state index contributed by atoms with van der Waals surface area (Å²) in [6.45, 7) is 8.52. The van der Waals surface area contributed by atoms with Gasteiger partial charge in [-0.1, -0.05) is 0 Å². The predicted molar refractivity (Wildman–Crippen MR) is 69.1 cm³/mol. The van der Waals surface area contributed by atoms with Gasteiger partial charge in [0.25, 0.3) is 0 Å². The third-order valence-electron chi connectivity index (χ3n) is 2.97. The molecule has 0 aliphatic carbocycles. The summed E-state index contributed by atoms with van der Waals surface area (Å²) in [6.07, 6.45) is 2.34. The molecule has 0 spiro atoms. The lowest BCUT2D eigenvalue weighted by Gasteiger charge is -2.20. The maximum absolute atomic E-state index is 5.15. The van der Waals surface area contributed by atoms with Gasteiger partial charge in [0.05, 0.1) is 0 Å². The molecule has 92 valence electrons. The smallest absolute Gasteiger partial charge is 0.195 e. The van der Waals surface area contributed by atoms with Crippen LogP contribution in [0.4, 0.5) is 0 Å². The molecule has 0 aliphatic rings. The molecule has 1 rings (SSSR count). The summed E-state index contributed by atoms with van der Waals surface area (Å²) in [4.78, 5) is 2.36. The maximum atomic E-state index is 5.15. The van der Waals surface area contributed by atoms with Crippen molar-refractivity contribution in [2.24, 2.45) is 0 Å². The van der Waals surface area contributed by atoms with Crippen molar-refractivity contribution in [3.05, 3.63) is 10.6 Å². The first-order chi connectivity index (χ1) is 7.52. The van der Waals surface area contributed by atoms with Crippen LogP contribution in [-0.2, 0) is 6.54 Å². The van der Waals surface area contributed by atoms with Gasteiger partial charge in [0, 0.05) is 12.6 Å². The van der Waals surface area contributed by atoms with Crippen molar-refractivity contribution in [2.45, 2.75) is 46.2 Å². The van der Waals surface area contributed by atoms with Crippen LogP contribution in [0.3, 0.4) is 0 Å². The Morgan fingerprint density at radius 3 is 2.62 bits per heavy atom. The van der Waals surface area contributed by atoms with Crippen LogP contribution in [0.25, 0.3) is 0 Å². The molecule has 1 aromatic rings. The van der Waals surface area contributed by atoms with Crippen LogP contribution >= 0.6 is 12.2 Å². The van der Waals surface area contributed by atoms with Gasteiger partial charge in [0.15, 0.2) is 4.77 Å². The second-order valence-corrected chi connectivity index (χ2v) is 4.90. The molecule has 0 aromatic carbocycles. The lowest BCUT2D eigenvalue weighted by molar-refractivity contribution is 0.266. The lowest BCUT2D eigenvalue weighted by atomic mass is 10.2. The largest absolute Gasteiger partial charge is 0.304 e. The Hall–Kier alpha value is -0.680. The molecule has 0 aliphatic heterocycles. The number of unbranched alkanes of at least 4 members (excludes halogenated alkanes) is 1. The number of aromatic amines is 1. The second kappa shape index (κ2) is 6.15. The lowest BCUT2D eigenvalue weighted by Crippen LogP contribution is -2.27. The van der Waals surface area contributed by atoms with Crippen molar-refractivity contribution in [2.75, 3.05) is 13.6 Å². The van der Waals surface area contributed by atoms with E-state index in [0.29, 0.717) is 6.04 Å². The quantitative estimate of drug-likeness (QED) is 0.614. The highest BCUT2D eigenvalue weighted by molar-refractivity contribution is 7.71. The third kappa shape index (κ3) is 3.72. The Labute approximate surface area is 103 Å². The minimum Gasteiger partial charge on any atom is -0.304 e. The number of nitrogens with zero attached hydrogens (tertiary/aromatic N) is 3. The van der Waals surface area contributed by atoms with Crippen molar-refractivity contribution >= 4 is 12.2 Å². The van der Waals surface area contributed by atoms with Crippen LogP contribution in [0.2, 0.25) is 0 Å². The third-order valence-corrected chi connectivity index (χ3v) is 3.28. The number of rotatable bonds is 6. The van der Waals surface area contributed by atoms with E-state index in [9.17, 15) is 0 Å². The zero-order valence-electron chi connectivity index (χ0n) is 10.7. The van der Waals surface area contributed by atoms with Crippen LogP contribution in [-0.4, -0.2) is 39.3 Å². The summed E-state index contributed by atoms with van der Waals surface area (Å²) >= 11 is 5.15. The van der Waals surface area contributed by atoms with E-state index in [4.69, 9.17) is 12.2 Å². The average molecular weight is 242 g/mol. The first-order valence-corrected chi connectivity index (χ1v) is 6.25. The molecule has 0 atom stereocenters. The molecule has 0 saturated carbocycles. The fraction of sp³-hybridized carbons (Fsp3) is 0.818. The van der Waals surface area contributed by atoms with Crippen molar-refractivity contribution in [3.63, 3.8) is 0 Å². The summed E-state index contributed by atoms with van der Waals surface area (Å²) in [5, 5.41) is 6.90. The topological polar surface area (TPSA) is 36.9 Å². The van der Waals surface area contributed by atoms with Crippen LogP contribution in [0.1, 0.15) is 32.5 Å². The maximum Gasteiger partial charge on any atom is 0.195 e. The monoisotopic (exact) mass is 242 g/mol. The Balaban J connectivity index is 2.29. The predicted octanol–water partition coefficient (Wildman–Crippen LogP) is 2.37. The Morgan fingerprint density at radius 2 is 2.12 bits per heavy atom. The van der Waals surface area contributed by atoms with Gasteiger partial charge in [-0.2, -0.15) is 5.10 Å². The van der Waals surface area contributed by atoms with Crippen LogP contribution in [0.15, 0.2) is 0 Å². The standard InChI is InChI=1S/C11H22N4S/c1-9(2)14(4)7-5-6-8-15-10(3)12-13-11(15)16/h9H,5-8H2,1-4H3,(H,13,16). The fourth-order valence-electron chi connectivity index (χ4n) is 1.55. The number of nitrogens with one attached hydrogen (secondary N) is 1. The minimum atomic E-state index is 0.623. The summed E-state index contributed by atoms with van der Waals surface area (Å²) in [6, 6.07) is 0.623. The number of aromatic nitrogens is 3. The average Bonchev–Trinajstić information content (AvgIpc) is 2.54. The van der Waals surface area contributed by atoms with Gasteiger partial charge in [-0.25, -0.2) is 0 Å². The molecular weight excluding hydrogens is 220 g/mol. The van der Waals surface area contributed by atoms with E-state index in [1.165, 1.54) is 6.42 Å². The van der Waals surface area contributed by atoms with Crippen molar-refractivity contribution in [3.8, 4) is 0 Å². The van der Waals surface area contributed by atoms with Gasteiger partial charge in [-0.15, -0.1) is 0 Å². The molecule has 1 aromatic heterocycles. The van der Waals surface area contributed by atoms with Crippen molar-refractivity contribution < 1.29 is 0 Å². The Morgan fingerprint density at radius 1 is 1.44 bits per heavy atom. The van der Waals surface area contributed by atoms with Gasteiger partial charge in [-0.3, -0.25) is 5.10 Å². The van der Waals surface area contributed by atoms with Crippen molar-refractivity contribution in [1.29, 1.82) is 0 Å². The summed E-state index contributed by atoms with van der Waals surface area (Å²) < 4.78 is 2.79. The normalized spacial score (nSPS) is 11.6. The molecule has 16 heavy (non-hydrogen) atoms. The Kier molecular flexibility index (Phi) is 5.15. The van der Waals surface area contributed by atoms with E-state index in [1.807, 2.05) is 6.92 Å². The van der Waals surface area contributed by atoms with E-state index in [0.717, 1.165) is 30.1 Å². The first kappa shape index (κ1) is 13.4. The van der Waals surface area contributed by atoms with E-state index < -0.39 is 0 Å². The molecule has 0 bridgehead atoms. The number of hydrogen-bond acceptors (Lipinski definition) is 3. The molecule has 0 unspecified atom stereocenters. The zero-order valence-corrected chi connectivity index (χ0v) is 11.5. The summed E-state index contributed by atoms with van der Waals surface area (Å²) in [5.74, 6) is 0.974. The molecule has 4 nitrogen and oxygen atoms in total. The van der Waals surface area contributed by atoms with Crippen LogP contribution in [0.5, 0.6) is 0 Å². The highest BCUT2D eigenvalue weighted by atomic mass is 32.1. The SMILES string of the molecule is Cc1n[nH]c(=S)n1CCCCN(C)C(C)C. The first-order valence-electron chi connectivity index (χ1n) is 5.84. The van der Waals surface area contributed by atoms with E-state index in [-0.39, 0.29) is 0 Å². The molecule has 0 radical (unpaired) electrons. The van der Waals surface area contributed by atoms with Gasteiger partial charge in [-0.05, 0) is 59.4 Å².